The van der Waals surface area contributed by atoms with Crippen LogP contribution in [-0.2, 0) is 4.79 Å². The van der Waals surface area contributed by atoms with E-state index in [4.69, 9.17) is 14.5 Å². The summed E-state index contributed by atoms with van der Waals surface area (Å²) in [6.45, 7) is 23.1. The van der Waals surface area contributed by atoms with Gasteiger partial charge in [-0.05, 0) is 6.92 Å². The average Bonchev–Trinajstić information content (AvgIpc) is 1.90. The summed E-state index contributed by atoms with van der Waals surface area (Å²) in [7, 11) is -2.21. The first-order valence-electron chi connectivity index (χ1n) is 7.18. The van der Waals surface area contributed by atoms with Crippen LogP contribution in [0.2, 0.25) is 39.3 Å². The first-order chi connectivity index (χ1) is 8.57. The third-order valence-corrected chi connectivity index (χ3v) is 6.63. The van der Waals surface area contributed by atoms with Gasteiger partial charge in [0.15, 0.2) is 0 Å². The predicted octanol–water partition coefficient (Wildman–Crippen LogP) is -5.03. The van der Waals surface area contributed by atoms with Crippen LogP contribution in [0.4, 0.5) is 0 Å². The first-order valence-corrected chi connectivity index (χ1v) is 14.1. The molecule has 0 saturated carbocycles. The molecular weight excluding hydrogens is 337 g/mol. The second kappa shape index (κ2) is 21.0. The molecule has 0 fully saturated rings. The van der Waals surface area contributed by atoms with E-state index in [2.05, 4.69) is 72.3 Å². The molecule has 0 rings (SSSR count). The Morgan fingerprint density at radius 3 is 1.00 bits per heavy atom. The summed E-state index contributed by atoms with van der Waals surface area (Å²) in [4.78, 5) is 8.89. The van der Waals surface area contributed by atoms with Crippen LogP contribution in [0.1, 0.15) is 34.6 Å². The molecule has 4 nitrogen and oxygen atoms in total. The standard InChI is InChI=1S/C6H18NSi2.C6H14N.C2H4O2.K.2Li/c1-8(2,3)7-9(4,5)6;1-5(2)7-6(3)4;1-2(3)4;;;/h1-6H3;5-6H,1-4H3;1H3,(H,3,4);;;/q2*-1;;3*+1/p-1. The summed E-state index contributed by atoms with van der Waals surface area (Å²) in [6.07, 6.45) is 0. The number of rotatable bonds is 4. The topological polar surface area (TPSA) is 68.3 Å². The zero-order chi connectivity index (χ0) is 17.1. The monoisotopic (exact) mass is 372 g/mol. The number of carboxylic acid groups (broad SMARTS) is 1. The molecule has 0 radical (unpaired) electrons. The SMILES string of the molecule is CC(=O)[O-].CC(C)[N-]C(C)C.C[Si](C)(C)[N-][Si](C)(C)C.[K+].[Li+].[Li+]. The van der Waals surface area contributed by atoms with Crippen LogP contribution in [0.5, 0.6) is 0 Å². The van der Waals surface area contributed by atoms with Gasteiger partial charge in [-0.15, -0.1) is 12.1 Å². The Kier molecular flexibility index (Phi) is 36.8. The van der Waals surface area contributed by atoms with Crippen LogP contribution in [0, 0.1) is 0 Å². The van der Waals surface area contributed by atoms with Crippen molar-refractivity contribution >= 4 is 22.4 Å². The van der Waals surface area contributed by atoms with Gasteiger partial charge in [-0.1, -0.05) is 83.4 Å². The van der Waals surface area contributed by atoms with Gasteiger partial charge < -0.3 is 19.9 Å². The van der Waals surface area contributed by atoms with Gasteiger partial charge >= 0.3 is 89.1 Å². The van der Waals surface area contributed by atoms with E-state index >= 15 is 0 Å². The van der Waals surface area contributed by atoms with Crippen LogP contribution >= 0.6 is 0 Å². The molecule has 9 heteroatoms. The van der Waals surface area contributed by atoms with Crippen molar-refractivity contribution < 1.29 is 99.0 Å². The van der Waals surface area contributed by atoms with Crippen molar-refractivity contribution in [3.63, 3.8) is 0 Å². The molecule has 0 aromatic heterocycles. The van der Waals surface area contributed by atoms with Gasteiger partial charge in [0.25, 0.3) is 0 Å². The van der Waals surface area contributed by atoms with Gasteiger partial charge in [0, 0.05) is 5.97 Å². The molecule has 124 valence electrons. The Bertz CT molecular complexity index is 238. The van der Waals surface area contributed by atoms with Gasteiger partial charge in [-0.25, -0.2) is 0 Å². The van der Waals surface area contributed by atoms with E-state index in [0.29, 0.717) is 12.1 Å². The maximum Gasteiger partial charge on any atom is 1.00 e. The van der Waals surface area contributed by atoms with Crippen LogP contribution < -0.4 is 94.2 Å². The normalized spacial score (nSPS) is 9.96. The Morgan fingerprint density at radius 1 is 0.826 bits per heavy atom. The molecule has 0 aromatic rings. The van der Waals surface area contributed by atoms with Crippen molar-refractivity contribution in [1.29, 1.82) is 0 Å². The number of hydrogen-bond donors (Lipinski definition) is 0. The number of carboxylic acids is 1. The summed E-state index contributed by atoms with van der Waals surface area (Å²) in [5.74, 6) is -1.08. The van der Waals surface area contributed by atoms with Gasteiger partial charge in [0.2, 0.25) is 0 Å². The van der Waals surface area contributed by atoms with E-state index in [1.165, 1.54) is 0 Å². The van der Waals surface area contributed by atoms with Crippen molar-refractivity contribution in [2.45, 2.75) is 86.0 Å². The maximum absolute atomic E-state index is 8.89. The van der Waals surface area contributed by atoms with E-state index in [9.17, 15) is 0 Å². The molecule has 0 spiro atoms. The fourth-order valence-electron chi connectivity index (χ4n) is 1.60. The molecule has 0 bridgehead atoms. The fraction of sp³-hybridized carbons (Fsp3) is 0.929. The van der Waals surface area contributed by atoms with E-state index in [0.717, 1.165) is 6.92 Å². The van der Waals surface area contributed by atoms with Crippen LogP contribution in [-0.4, -0.2) is 34.5 Å². The number of aliphatic carboxylic acids is 1. The van der Waals surface area contributed by atoms with Crippen LogP contribution in [0.25, 0.3) is 9.96 Å². The molecule has 0 aromatic carbocycles. The minimum atomic E-state index is -1.11. The zero-order valence-electron chi connectivity index (χ0n) is 18.4. The van der Waals surface area contributed by atoms with Crippen molar-refractivity contribution in [3.8, 4) is 0 Å². The molecule has 0 aliphatic rings. The van der Waals surface area contributed by atoms with Crippen LogP contribution in [0.15, 0.2) is 0 Å². The molecule has 0 aliphatic carbocycles. The Hall–Kier alpha value is 2.65. The second-order valence-corrected chi connectivity index (χ2v) is 16.9. The number of carbonyl (C=O) groups excluding carboxylic acids is 1. The van der Waals surface area contributed by atoms with Crippen LogP contribution in [0.3, 0.4) is 0 Å². The second-order valence-electron chi connectivity index (χ2n) is 7.28. The van der Waals surface area contributed by atoms with E-state index in [1.54, 1.807) is 0 Å². The minimum Gasteiger partial charge on any atom is -0.668 e. The van der Waals surface area contributed by atoms with Gasteiger partial charge in [0.05, 0.1) is 0 Å². The molecule has 0 aliphatic heterocycles. The first kappa shape index (κ1) is 40.4. The van der Waals surface area contributed by atoms with Gasteiger partial charge in [-0.2, -0.15) is 0 Å². The predicted molar refractivity (Wildman–Crippen MR) is 94.4 cm³/mol. The van der Waals surface area contributed by atoms with Crippen molar-refractivity contribution in [3.05, 3.63) is 9.96 Å². The third kappa shape index (κ3) is 79.0. The van der Waals surface area contributed by atoms with E-state index < -0.39 is 22.4 Å². The molecule has 0 atom stereocenters. The number of nitrogens with zero attached hydrogens (tertiary/aromatic N) is 2. The third-order valence-electron chi connectivity index (χ3n) is 1.27. The van der Waals surface area contributed by atoms with Gasteiger partial charge in [0.1, 0.15) is 0 Å². The molecular formula is C14H35KLi2N2O2Si2. The molecule has 0 unspecified atom stereocenters. The summed E-state index contributed by atoms with van der Waals surface area (Å²) < 4.78 is 4.82. The smallest absolute Gasteiger partial charge is 0.668 e. The van der Waals surface area contributed by atoms with Gasteiger partial charge in [-0.3, -0.25) is 0 Å². The average molecular weight is 373 g/mol. The number of hydrogen-bond acceptors (Lipinski definition) is 2. The quantitative estimate of drug-likeness (QED) is 0.464. The molecule has 0 N–H and O–H groups in total. The summed E-state index contributed by atoms with van der Waals surface area (Å²) in [5, 5.41) is 13.2. The van der Waals surface area contributed by atoms with Crippen molar-refractivity contribution in [2.75, 3.05) is 0 Å². The zero-order valence-corrected chi connectivity index (χ0v) is 23.5. The molecule has 23 heavy (non-hydrogen) atoms. The molecule has 0 saturated heterocycles. The molecule has 0 amide bonds. The largest absolute Gasteiger partial charge is 1.00 e. The number of carbonyl (C=O) groups is 1. The minimum absolute atomic E-state index is 0. The Balaban J connectivity index is -0.0000000469. The summed E-state index contributed by atoms with van der Waals surface area (Å²) in [6, 6.07) is 1.000. The molecule has 0 heterocycles. The fourth-order valence-corrected chi connectivity index (χ4v) is 9.65. The summed E-state index contributed by atoms with van der Waals surface area (Å²) in [5.41, 5.74) is 0. The summed E-state index contributed by atoms with van der Waals surface area (Å²) >= 11 is 0. The Labute approximate surface area is 214 Å². The van der Waals surface area contributed by atoms with Crippen molar-refractivity contribution in [1.82, 2.24) is 0 Å². The van der Waals surface area contributed by atoms with E-state index in [1.807, 2.05) is 0 Å². The maximum atomic E-state index is 8.89. The Morgan fingerprint density at radius 2 is 1.00 bits per heavy atom. The van der Waals surface area contributed by atoms with Crippen molar-refractivity contribution in [2.24, 2.45) is 0 Å². The van der Waals surface area contributed by atoms with E-state index in [-0.39, 0.29) is 89.1 Å².